The molecule has 0 rings (SSSR count). The Morgan fingerprint density at radius 2 is 1.91 bits per heavy atom. The number of halogens is 1. The topological polar surface area (TPSA) is 9.23 Å². The fourth-order valence-electron chi connectivity index (χ4n) is 0.505. The van der Waals surface area contributed by atoms with Crippen molar-refractivity contribution in [3.05, 3.63) is 12.7 Å². The SMILES string of the molecule is C=CCOCC[N+](C)(C)C.[Cl-]. The van der Waals surface area contributed by atoms with Crippen LogP contribution in [-0.2, 0) is 4.74 Å². The predicted molar refractivity (Wildman–Crippen MR) is 43.9 cm³/mol. The van der Waals surface area contributed by atoms with Gasteiger partial charge in [0.15, 0.2) is 0 Å². The van der Waals surface area contributed by atoms with E-state index in [1.54, 1.807) is 6.08 Å². The molecule has 0 atom stereocenters. The molecular formula is C8H18ClNO. The fourth-order valence-corrected chi connectivity index (χ4v) is 0.505. The Morgan fingerprint density at radius 1 is 1.36 bits per heavy atom. The van der Waals surface area contributed by atoms with Crippen molar-refractivity contribution in [3.63, 3.8) is 0 Å². The minimum Gasteiger partial charge on any atom is -1.00 e. The van der Waals surface area contributed by atoms with E-state index < -0.39 is 0 Å². The maximum absolute atomic E-state index is 5.23. The van der Waals surface area contributed by atoms with Crippen molar-refractivity contribution in [1.82, 2.24) is 0 Å². The van der Waals surface area contributed by atoms with Gasteiger partial charge >= 0.3 is 0 Å². The van der Waals surface area contributed by atoms with Crippen LogP contribution in [0.3, 0.4) is 0 Å². The Morgan fingerprint density at radius 3 is 2.27 bits per heavy atom. The van der Waals surface area contributed by atoms with E-state index in [0.717, 1.165) is 17.6 Å². The second-order valence-electron chi connectivity index (χ2n) is 3.38. The maximum Gasteiger partial charge on any atom is 0.102 e. The molecule has 0 fully saturated rings. The standard InChI is InChI=1S/C8H18NO.ClH/c1-5-7-10-8-6-9(2,3)4;/h5H,1,6-8H2,2-4H3;1H/q+1;/p-1. The van der Waals surface area contributed by atoms with Crippen LogP contribution in [0.5, 0.6) is 0 Å². The van der Waals surface area contributed by atoms with Crippen molar-refractivity contribution in [1.29, 1.82) is 0 Å². The molecule has 0 unspecified atom stereocenters. The van der Waals surface area contributed by atoms with Gasteiger partial charge in [-0.1, -0.05) is 6.08 Å². The van der Waals surface area contributed by atoms with Gasteiger partial charge < -0.3 is 21.6 Å². The second-order valence-corrected chi connectivity index (χ2v) is 3.38. The van der Waals surface area contributed by atoms with Gasteiger partial charge in [0.05, 0.1) is 34.4 Å². The molecule has 0 saturated carbocycles. The third-order valence-electron chi connectivity index (χ3n) is 1.14. The lowest BCUT2D eigenvalue weighted by atomic mass is 10.5. The quantitative estimate of drug-likeness (QED) is 0.267. The maximum atomic E-state index is 5.23. The fraction of sp³-hybridized carbons (Fsp3) is 0.750. The monoisotopic (exact) mass is 179 g/mol. The molecule has 68 valence electrons. The number of ether oxygens (including phenoxy) is 1. The van der Waals surface area contributed by atoms with E-state index >= 15 is 0 Å². The third-order valence-corrected chi connectivity index (χ3v) is 1.14. The van der Waals surface area contributed by atoms with Crippen LogP contribution >= 0.6 is 0 Å². The number of quaternary nitrogens is 1. The summed E-state index contributed by atoms with van der Waals surface area (Å²) in [6.45, 7) is 6.10. The molecular weight excluding hydrogens is 162 g/mol. The summed E-state index contributed by atoms with van der Waals surface area (Å²) >= 11 is 0. The second kappa shape index (κ2) is 6.65. The first-order chi connectivity index (χ1) is 4.56. The van der Waals surface area contributed by atoms with E-state index in [-0.39, 0.29) is 12.4 Å². The number of nitrogens with zero attached hydrogens (tertiary/aromatic N) is 1. The Labute approximate surface area is 75.8 Å². The van der Waals surface area contributed by atoms with Crippen LogP contribution in [0.25, 0.3) is 0 Å². The summed E-state index contributed by atoms with van der Waals surface area (Å²) in [5, 5.41) is 0. The van der Waals surface area contributed by atoms with Crippen LogP contribution in [0.15, 0.2) is 12.7 Å². The molecule has 0 aromatic carbocycles. The summed E-state index contributed by atoms with van der Waals surface area (Å²) in [6, 6.07) is 0. The van der Waals surface area contributed by atoms with E-state index in [9.17, 15) is 0 Å². The molecule has 0 spiro atoms. The zero-order chi connectivity index (χ0) is 8.04. The van der Waals surface area contributed by atoms with E-state index in [4.69, 9.17) is 4.74 Å². The zero-order valence-corrected chi connectivity index (χ0v) is 8.40. The summed E-state index contributed by atoms with van der Waals surface area (Å²) < 4.78 is 6.18. The van der Waals surface area contributed by atoms with Gasteiger partial charge in [-0.25, -0.2) is 0 Å². The minimum absolute atomic E-state index is 0. The van der Waals surface area contributed by atoms with E-state index in [2.05, 4.69) is 27.7 Å². The molecule has 0 radical (unpaired) electrons. The average Bonchev–Trinajstić information content (AvgIpc) is 1.78. The summed E-state index contributed by atoms with van der Waals surface area (Å²) in [7, 11) is 6.45. The zero-order valence-electron chi connectivity index (χ0n) is 7.64. The molecule has 0 N–H and O–H groups in total. The highest BCUT2D eigenvalue weighted by atomic mass is 35.5. The summed E-state index contributed by atoms with van der Waals surface area (Å²) in [6.07, 6.45) is 1.77. The Bertz CT molecular complexity index is 98.8. The van der Waals surface area contributed by atoms with Crippen molar-refractivity contribution in [2.24, 2.45) is 0 Å². The van der Waals surface area contributed by atoms with E-state index in [0.29, 0.717) is 6.61 Å². The normalized spacial score (nSPS) is 10.5. The van der Waals surface area contributed by atoms with Gasteiger partial charge in [-0.05, 0) is 0 Å². The number of hydrogen-bond donors (Lipinski definition) is 0. The highest BCUT2D eigenvalue weighted by molar-refractivity contribution is 4.63. The van der Waals surface area contributed by atoms with Gasteiger partial charge in [-0.15, -0.1) is 6.58 Å². The molecule has 0 aromatic rings. The van der Waals surface area contributed by atoms with Gasteiger partial charge in [0.1, 0.15) is 6.54 Å². The molecule has 3 heteroatoms. The Kier molecular flexibility index (Phi) is 8.18. The molecule has 0 bridgehead atoms. The highest BCUT2D eigenvalue weighted by Crippen LogP contribution is 1.88. The lowest BCUT2D eigenvalue weighted by Gasteiger charge is -2.23. The third kappa shape index (κ3) is 13.0. The lowest BCUT2D eigenvalue weighted by Crippen LogP contribution is -3.00. The highest BCUT2D eigenvalue weighted by Gasteiger charge is 2.04. The molecule has 0 aliphatic heterocycles. The van der Waals surface area contributed by atoms with Crippen LogP contribution in [0.2, 0.25) is 0 Å². The first-order valence-corrected chi connectivity index (χ1v) is 3.55. The molecule has 0 saturated heterocycles. The Hall–Kier alpha value is -0.0500. The first kappa shape index (κ1) is 13.5. The number of rotatable bonds is 5. The summed E-state index contributed by atoms with van der Waals surface area (Å²) in [4.78, 5) is 0. The molecule has 0 aliphatic rings. The van der Waals surface area contributed by atoms with Gasteiger partial charge in [0, 0.05) is 0 Å². The number of likely N-dealkylation sites (N-methyl/N-ethyl adjacent to an activating group) is 1. The molecule has 11 heavy (non-hydrogen) atoms. The van der Waals surface area contributed by atoms with Crippen molar-refractivity contribution < 1.29 is 21.6 Å². The molecule has 0 heterocycles. The average molecular weight is 180 g/mol. The lowest BCUT2D eigenvalue weighted by molar-refractivity contribution is -0.870. The van der Waals surface area contributed by atoms with Crippen molar-refractivity contribution >= 4 is 0 Å². The van der Waals surface area contributed by atoms with Crippen molar-refractivity contribution in [3.8, 4) is 0 Å². The van der Waals surface area contributed by atoms with Crippen molar-refractivity contribution in [2.45, 2.75) is 0 Å². The number of hydrogen-bond acceptors (Lipinski definition) is 1. The molecule has 0 aromatic heterocycles. The van der Waals surface area contributed by atoms with Crippen LogP contribution in [0.1, 0.15) is 0 Å². The van der Waals surface area contributed by atoms with Gasteiger partial charge in [0.2, 0.25) is 0 Å². The van der Waals surface area contributed by atoms with Crippen molar-refractivity contribution in [2.75, 3.05) is 40.9 Å². The summed E-state index contributed by atoms with van der Waals surface area (Å²) in [5.41, 5.74) is 0. The molecule has 0 amide bonds. The van der Waals surface area contributed by atoms with Crippen LogP contribution in [-0.4, -0.2) is 45.4 Å². The molecule has 2 nitrogen and oxygen atoms in total. The van der Waals surface area contributed by atoms with Crippen LogP contribution in [0, 0.1) is 0 Å². The smallest absolute Gasteiger partial charge is 0.102 e. The predicted octanol–water partition coefficient (Wildman–Crippen LogP) is -2.10. The minimum atomic E-state index is 0. The largest absolute Gasteiger partial charge is 1.00 e. The van der Waals surface area contributed by atoms with Gasteiger partial charge in [0.25, 0.3) is 0 Å². The van der Waals surface area contributed by atoms with Gasteiger partial charge in [-0.3, -0.25) is 0 Å². The van der Waals surface area contributed by atoms with Gasteiger partial charge in [-0.2, -0.15) is 0 Å². The van der Waals surface area contributed by atoms with E-state index in [1.807, 2.05) is 0 Å². The van der Waals surface area contributed by atoms with Crippen LogP contribution < -0.4 is 12.4 Å². The van der Waals surface area contributed by atoms with Crippen LogP contribution in [0.4, 0.5) is 0 Å². The van der Waals surface area contributed by atoms with E-state index in [1.165, 1.54) is 0 Å². The summed E-state index contributed by atoms with van der Waals surface area (Å²) in [5.74, 6) is 0. The first-order valence-electron chi connectivity index (χ1n) is 3.55. The Balaban J connectivity index is 0. The molecule has 0 aliphatic carbocycles.